The Kier molecular flexibility index (Phi) is 10.2. The van der Waals surface area contributed by atoms with Crippen LogP contribution in [-0.2, 0) is 18.9 Å². The Hall–Kier alpha value is -1.40. The summed E-state index contributed by atoms with van der Waals surface area (Å²) >= 11 is 0. The Morgan fingerprint density at radius 2 is 0.755 bits per heavy atom. The zero-order valence-corrected chi connectivity index (χ0v) is 30.0. The zero-order chi connectivity index (χ0) is 32.6. The van der Waals surface area contributed by atoms with Crippen LogP contribution in [0.3, 0.4) is 0 Å². The van der Waals surface area contributed by atoms with E-state index in [1.807, 2.05) is 0 Å². The SMILES string of the molecule is C1=NC2CCCCC2OCOC2C(CCCC2C2(C3CCCC4N=C=NC5CCCCC5OCOC43)C3CCCCC3C3CCCCC32)N=1. The van der Waals surface area contributed by atoms with Crippen molar-refractivity contribution in [1.29, 1.82) is 0 Å². The molecule has 0 aromatic carbocycles. The van der Waals surface area contributed by atoms with Gasteiger partial charge in [0.2, 0.25) is 0 Å². The number of hydrogen-bond donors (Lipinski definition) is 0. The fraction of sp³-hybridized carbons (Fsp3) is 0.951. The van der Waals surface area contributed by atoms with E-state index in [-0.39, 0.29) is 54.0 Å². The number of ether oxygens (including phenoxy) is 4. The molecule has 7 saturated carbocycles. The van der Waals surface area contributed by atoms with Gasteiger partial charge in [-0.3, -0.25) is 0 Å². The minimum absolute atomic E-state index is 0.0315. The third kappa shape index (κ3) is 6.17. The molecule has 0 amide bonds. The van der Waals surface area contributed by atoms with Crippen LogP contribution in [0.4, 0.5) is 0 Å². The predicted octanol–water partition coefficient (Wildman–Crippen LogP) is 8.65. The number of nitrogens with zero attached hydrogens (tertiary/aromatic N) is 4. The van der Waals surface area contributed by atoms with E-state index < -0.39 is 0 Å². The lowest BCUT2D eigenvalue weighted by atomic mass is 9.47. The summed E-state index contributed by atoms with van der Waals surface area (Å²) in [4.78, 5) is 20.2. The van der Waals surface area contributed by atoms with Crippen molar-refractivity contribution >= 4 is 12.0 Å². The lowest BCUT2D eigenvalue weighted by Crippen LogP contribution is -2.60. The van der Waals surface area contributed by atoms with E-state index in [2.05, 4.69) is 12.0 Å². The summed E-state index contributed by atoms with van der Waals surface area (Å²) in [6.45, 7) is 0.735. The molecule has 0 N–H and O–H groups in total. The maximum absolute atomic E-state index is 7.13. The Labute approximate surface area is 294 Å². The fourth-order valence-electron chi connectivity index (χ4n) is 13.9. The van der Waals surface area contributed by atoms with Crippen LogP contribution in [0.2, 0.25) is 0 Å². The molecular formula is C41H62N4O4. The molecule has 14 unspecified atom stereocenters. The summed E-state index contributed by atoms with van der Waals surface area (Å²) in [5.74, 6) is 3.92. The monoisotopic (exact) mass is 674 g/mol. The molecule has 7 fully saturated rings. The number of rotatable bonds is 2. The molecule has 7 aliphatic carbocycles. The van der Waals surface area contributed by atoms with Crippen molar-refractivity contribution < 1.29 is 18.9 Å². The molecule has 9 aliphatic rings. The second-order valence-corrected chi connectivity index (χ2v) is 17.6. The second kappa shape index (κ2) is 14.9. The summed E-state index contributed by atoms with van der Waals surface area (Å²) in [5, 5.41) is 0. The normalized spacial score (nSPS) is 50.1. The number of hydrogen-bond acceptors (Lipinski definition) is 8. The molecule has 49 heavy (non-hydrogen) atoms. The Bertz CT molecular complexity index is 1180. The summed E-state index contributed by atoms with van der Waals surface area (Å²) < 4.78 is 27.4. The standard InChI is InChI=1S/C41H62N4O4/c1-3-13-29-27(11-1)28-12-2-4-14-30(28)41(29,31-15-9-19-35-39(31)48-25-46-37-21-7-5-17-33(37)42-23-44-35)32-16-10-20-36-40(32)49-26-47-38-22-8-6-18-34(38)43-24-45-36/h27-40H,1-22,25-26H2. The average molecular weight is 675 g/mol. The first-order valence-corrected chi connectivity index (χ1v) is 21.1. The molecule has 0 radical (unpaired) electrons. The van der Waals surface area contributed by atoms with E-state index in [4.69, 9.17) is 38.9 Å². The largest absolute Gasteiger partial charge is 0.350 e. The highest BCUT2D eigenvalue weighted by Gasteiger charge is 2.69. The number of fused-ring (bicyclic) bond motifs is 7. The van der Waals surface area contributed by atoms with Crippen LogP contribution >= 0.6 is 0 Å². The summed E-state index contributed by atoms with van der Waals surface area (Å²) in [7, 11) is 0. The van der Waals surface area contributed by atoms with Crippen molar-refractivity contribution in [2.45, 2.75) is 190 Å². The van der Waals surface area contributed by atoms with Crippen LogP contribution in [0.5, 0.6) is 0 Å². The van der Waals surface area contributed by atoms with Crippen LogP contribution in [0.25, 0.3) is 0 Å². The van der Waals surface area contributed by atoms with Gasteiger partial charge < -0.3 is 18.9 Å². The van der Waals surface area contributed by atoms with Crippen LogP contribution in [0.15, 0.2) is 20.0 Å². The molecule has 0 bridgehead atoms. The Balaban J connectivity index is 1.13. The molecule has 270 valence electrons. The van der Waals surface area contributed by atoms with E-state index >= 15 is 0 Å². The first-order valence-electron chi connectivity index (χ1n) is 21.1. The van der Waals surface area contributed by atoms with Gasteiger partial charge in [-0.05, 0) is 118 Å². The van der Waals surface area contributed by atoms with Crippen molar-refractivity contribution in [2.24, 2.45) is 60.9 Å². The minimum atomic E-state index is 0.0315. The second-order valence-electron chi connectivity index (χ2n) is 17.6. The van der Waals surface area contributed by atoms with E-state index in [0.717, 1.165) is 50.4 Å². The Morgan fingerprint density at radius 1 is 0.367 bits per heavy atom. The molecular weight excluding hydrogens is 612 g/mol. The molecule has 14 atom stereocenters. The minimum Gasteiger partial charge on any atom is -0.350 e. The molecule has 0 spiro atoms. The van der Waals surface area contributed by atoms with Gasteiger partial charge in [0.05, 0.1) is 60.6 Å². The topological polar surface area (TPSA) is 86.4 Å². The van der Waals surface area contributed by atoms with Gasteiger partial charge in [-0.15, -0.1) is 0 Å². The van der Waals surface area contributed by atoms with Gasteiger partial charge in [-0.25, -0.2) is 20.0 Å². The quantitative estimate of drug-likeness (QED) is 0.293. The third-order valence-electron chi connectivity index (χ3n) is 15.7. The summed E-state index contributed by atoms with van der Waals surface area (Å²) in [6, 6.07) is 7.08. The lowest BCUT2D eigenvalue weighted by Gasteiger charge is -2.60. The molecule has 8 nitrogen and oxygen atoms in total. The van der Waals surface area contributed by atoms with E-state index in [1.54, 1.807) is 0 Å². The van der Waals surface area contributed by atoms with Crippen molar-refractivity contribution in [3.8, 4) is 0 Å². The van der Waals surface area contributed by atoms with Gasteiger partial charge in [0, 0.05) is 0 Å². The first kappa shape index (κ1) is 33.4. The van der Waals surface area contributed by atoms with Crippen LogP contribution in [0.1, 0.15) is 141 Å². The van der Waals surface area contributed by atoms with Gasteiger partial charge in [-0.2, -0.15) is 0 Å². The lowest BCUT2D eigenvalue weighted by molar-refractivity contribution is -0.219. The third-order valence-corrected chi connectivity index (χ3v) is 15.7. The predicted molar refractivity (Wildman–Crippen MR) is 189 cm³/mol. The van der Waals surface area contributed by atoms with Crippen molar-refractivity contribution in [1.82, 2.24) is 0 Å². The van der Waals surface area contributed by atoms with Gasteiger partial charge in [0.25, 0.3) is 0 Å². The molecule has 2 aliphatic heterocycles. The maximum Gasteiger partial charge on any atom is 0.147 e. The van der Waals surface area contributed by atoms with E-state index in [9.17, 15) is 0 Å². The smallest absolute Gasteiger partial charge is 0.147 e. The van der Waals surface area contributed by atoms with Crippen molar-refractivity contribution in [3.05, 3.63) is 0 Å². The number of aliphatic imine (C=N–C) groups is 4. The fourth-order valence-corrected chi connectivity index (χ4v) is 13.9. The summed E-state index contributed by atoms with van der Waals surface area (Å²) in [6.07, 6.45) is 27.4. The molecule has 8 heteroatoms. The van der Waals surface area contributed by atoms with Gasteiger partial charge >= 0.3 is 0 Å². The van der Waals surface area contributed by atoms with Crippen LogP contribution in [0, 0.1) is 40.9 Å². The molecule has 0 aromatic heterocycles. The average Bonchev–Trinajstić information content (AvgIpc) is 3.45. The Morgan fingerprint density at radius 3 is 1.27 bits per heavy atom. The van der Waals surface area contributed by atoms with Crippen LogP contribution < -0.4 is 0 Å². The van der Waals surface area contributed by atoms with Crippen molar-refractivity contribution in [2.75, 3.05) is 13.6 Å². The van der Waals surface area contributed by atoms with Gasteiger partial charge in [-0.1, -0.05) is 64.2 Å². The van der Waals surface area contributed by atoms with E-state index in [1.165, 1.54) is 103 Å². The molecule has 0 aromatic rings. The zero-order valence-electron chi connectivity index (χ0n) is 30.0. The summed E-state index contributed by atoms with van der Waals surface area (Å²) in [5.41, 5.74) is 0.136. The molecule has 0 saturated heterocycles. The van der Waals surface area contributed by atoms with Gasteiger partial charge in [0.15, 0.2) is 0 Å². The maximum atomic E-state index is 7.13. The molecule has 9 rings (SSSR count). The van der Waals surface area contributed by atoms with E-state index in [0.29, 0.717) is 37.3 Å². The first-order chi connectivity index (χ1) is 24.3. The molecule has 2 heterocycles. The highest BCUT2D eigenvalue weighted by atomic mass is 16.7. The van der Waals surface area contributed by atoms with Crippen molar-refractivity contribution in [3.63, 3.8) is 0 Å². The van der Waals surface area contributed by atoms with Gasteiger partial charge in [0.1, 0.15) is 13.6 Å². The van der Waals surface area contributed by atoms with Crippen LogP contribution in [-0.4, -0.2) is 74.2 Å². The highest BCUT2D eigenvalue weighted by Crippen LogP contribution is 2.72. The highest BCUT2D eigenvalue weighted by molar-refractivity contribution is 5.43.